The lowest BCUT2D eigenvalue weighted by atomic mass is 10.2. The van der Waals surface area contributed by atoms with Gasteiger partial charge in [0.2, 0.25) is 0 Å². The molecule has 0 bridgehead atoms. The van der Waals surface area contributed by atoms with Gasteiger partial charge in [-0.25, -0.2) is 9.78 Å². The van der Waals surface area contributed by atoms with Crippen LogP contribution in [0.2, 0.25) is 0 Å². The molecular formula is C16H18N2O3. The highest BCUT2D eigenvalue weighted by Crippen LogP contribution is 2.22. The van der Waals surface area contributed by atoms with Gasteiger partial charge in [0.15, 0.2) is 11.4 Å². The SMILES string of the molecule is COC(=O)c1nc(N(C)C)ccc1OCc1ccccc1. The molecule has 0 saturated carbocycles. The summed E-state index contributed by atoms with van der Waals surface area (Å²) in [7, 11) is 5.04. The molecule has 110 valence electrons. The van der Waals surface area contributed by atoms with Crippen LogP contribution in [0.5, 0.6) is 5.75 Å². The molecular weight excluding hydrogens is 268 g/mol. The number of esters is 1. The standard InChI is InChI=1S/C16H18N2O3/c1-18(2)14-10-9-13(15(17-14)16(19)20-3)21-11-12-7-5-4-6-8-12/h4-10H,11H2,1-3H3. The van der Waals surface area contributed by atoms with Gasteiger partial charge in [-0.05, 0) is 17.7 Å². The number of rotatable bonds is 5. The Morgan fingerprint density at radius 2 is 1.86 bits per heavy atom. The van der Waals surface area contributed by atoms with Crippen LogP contribution in [0, 0.1) is 0 Å². The predicted molar refractivity (Wildman–Crippen MR) is 80.7 cm³/mol. The Hall–Kier alpha value is -2.56. The minimum atomic E-state index is -0.512. The van der Waals surface area contributed by atoms with E-state index in [-0.39, 0.29) is 5.69 Å². The topological polar surface area (TPSA) is 51.7 Å². The van der Waals surface area contributed by atoms with E-state index >= 15 is 0 Å². The number of nitrogens with zero attached hydrogens (tertiary/aromatic N) is 2. The third-order valence-corrected chi connectivity index (χ3v) is 2.92. The van der Waals surface area contributed by atoms with Gasteiger partial charge in [-0.3, -0.25) is 0 Å². The third kappa shape index (κ3) is 3.72. The van der Waals surface area contributed by atoms with Gasteiger partial charge in [-0.2, -0.15) is 0 Å². The van der Waals surface area contributed by atoms with E-state index in [1.165, 1.54) is 7.11 Å². The molecule has 5 nitrogen and oxygen atoms in total. The monoisotopic (exact) mass is 286 g/mol. The highest BCUT2D eigenvalue weighted by molar-refractivity contribution is 5.90. The largest absolute Gasteiger partial charge is 0.486 e. The Bertz CT molecular complexity index is 612. The molecule has 0 N–H and O–H groups in total. The van der Waals surface area contributed by atoms with E-state index in [1.54, 1.807) is 12.1 Å². The lowest BCUT2D eigenvalue weighted by molar-refractivity contribution is 0.0588. The van der Waals surface area contributed by atoms with E-state index in [4.69, 9.17) is 9.47 Å². The molecule has 1 heterocycles. The normalized spacial score (nSPS) is 10.0. The molecule has 0 spiro atoms. The lowest BCUT2D eigenvalue weighted by Crippen LogP contribution is -2.15. The molecule has 5 heteroatoms. The molecule has 2 rings (SSSR count). The summed E-state index contributed by atoms with van der Waals surface area (Å²) in [6, 6.07) is 13.3. The van der Waals surface area contributed by atoms with E-state index in [2.05, 4.69) is 4.98 Å². The van der Waals surface area contributed by atoms with Crippen molar-refractivity contribution in [3.63, 3.8) is 0 Å². The molecule has 2 aromatic rings. The number of carbonyl (C=O) groups excluding carboxylic acids is 1. The van der Waals surface area contributed by atoms with Gasteiger partial charge in [-0.1, -0.05) is 30.3 Å². The van der Waals surface area contributed by atoms with Crippen molar-refractivity contribution >= 4 is 11.8 Å². The number of pyridine rings is 1. The second-order valence-corrected chi connectivity index (χ2v) is 4.68. The van der Waals surface area contributed by atoms with Gasteiger partial charge in [0.25, 0.3) is 0 Å². The molecule has 0 unspecified atom stereocenters. The minimum Gasteiger partial charge on any atom is -0.486 e. The average Bonchev–Trinajstić information content (AvgIpc) is 2.52. The molecule has 0 aliphatic rings. The van der Waals surface area contributed by atoms with Crippen molar-refractivity contribution in [2.75, 3.05) is 26.1 Å². The summed E-state index contributed by atoms with van der Waals surface area (Å²) >= 11 is 0. The van der Waals surface area contributed by atoms with Crippen LogP contribution in [0.4, 0.5) is 5.82 Å². The fourth-order valence-electron chi connectivity index (χ4n) is 1.78. The van der Waals surface area contributed by atoms with E-state index in [0.717, 1.165) is 5.56 Å². The number of aromatic nitrogens is 1. The maximum atomic E-state index is 11.8. The first-order valence-electron chi connectivity index (χ1n) is 6.55. The average molecular weight is 286 g/mol. The smallest absolute Gasteiger partial charge is 0.360 e. The van der Waals surface area contributed by atoms with Gasteiger partial charge in [-0.15, -0.1) is 0 Å². The molecule has 0 atom stereocenters. The Morgan fingerprint density at radius 1 is 1.14 bits per heavy atom. The number of anilines is 1. The number of methoxy groups -OCH3 is 1. The molecule has 0 amide bonds. The number of benzene rings is 1. The van der Waals surface area contributed by atoms with Gasteiger partial charge < -0.3 is 14.4 Å². The fraction of sp³-hybridized carbons (Fsp3) is 0.250. The summed E-state index contributed by atoms with van der Waals surface area (Å²) in [6.07, 6.45) is 0. The number of ether oxygens (including phenoxy) is 2. The van der Waals surface area contributed by atoms with Crippen molar-refractivity contribution in [2.45, 2.75) is 6.61 Å². The summed E-state index contributed by atoms with van der Waals surface area (Å²) in [5.74, 6) is 0.570. The first-order valence-corrected chi connectivity index (χ1v) is 6.55. The van der Waals surface area contributed by atoms with Crippen molar-refractivity contribution in [1.29, 1.82) is 0 Å². The van der Waals surface area contributed by atoms with Crippen molar-refractivity contribution in [2.24, 2.45) is 0 Å². The van der Waals surface area contributed by atoms with Gasteiger partial charge in [0.05, 0.1) is 7.11 Å². The van der Waals surface area contributed by atoms with Crippen molar-refractivity contribution in [3.8, 4) is 5.75 Å². The zero-order chi connectivity index (χ0) is 15.2. The second-order valence-electron chi connectivity index (χ2n) is 4.68. The molecule has 21 heavy (non-hydrogen) atoms. The summed E-state index contributed by atoms with van der Waals surface area (Å²) in [6.45, 7) is 0.369. The summed E-state index contributed by atoms with van der Waals surface area (Å²) < 4.78 is 10.5. The van der Waals surface area contributed by atoms with E-state index in [9.17, 15) is 4.79 Å². The van der Waals surface area contributed by atoms with Crippen LogP contribution >= 0.6 is 0 Å². The Balaban J connectivity index is 2.23. The second kappa shape index (κ2) is 6.74. The summed E-state index contributed by atoms with van der Waals surface area (Å²) in [5.41, 5.74) is 1.20. The molecule has 0 saturated heterocycles. The van der Waals surface area contributed by atoms with Crippen molar-refractivity contribution < 1.29 is 14.3 Å². The first-order chi connectivity index (χ1) is 10.1. The van der Waals surface area contributed by atoms with Gasteiger partial charge in [0.1, 0.15) is 12.4 Å². The molecule has 0 aliphatic heterocycles. The summed E-state index contributed by atoms with van der Waals surface area (Å²) in [5, 5.41) is 0. The van der Waals surface area contributed by atoms with Crippen LogP contribution in [0.25, 0.3) is 0 Å². The predicted octanol–water partition coefficient (Wildman–Crippen LogP) is 2.51. The maximum Gasteiger partial charge on any atom is 0.360 e. The van der Waals surface area contributed by atoms with Crippen LogP contribution in [0.1, 0.15) is 16.1 Å². The highest BCUT2D eigenvalue weighted by atomic mass is 16.5. The Morgan fingerprint density at radius 3 is 2.48 bits per heavy atom. The quantitative estimate of drug-likeness (QED) is 0.790. The zero-order valence-electron chi connectivity index (χ0n) is 12.4. The maximum absolute atomic E-state index is 11.8. The molecule has 0 fully saturated rings. The molecule has 1 aromatic carbocycles. The number of hydrogen-bond donors (Lipinski definition) is 0. The number of carbonyl (C=O) groups is 1. The zero-order valence-corrected chi connectivity index (χ0v) is 12.4. The Kier molecular flexibility index (Phi) is 4.77. The van der Waals surface area contributed by atoms with Gasteiger partial charge in [0, 0.05) is 14.1 Å². The van der Waals surface area contributed by atoms with Crippen molar-refractivity contribution in [3.05, 3.63) is 53.7 Å². The lowest BCUT2D eigenvalue weighted by Gasteiger charge is -2.15. The van der Waals surface area contributed by atoms with Gasteiger partial charge >= 0.3 is 5.97 Å². The highest BCUT2D eigenvalue weighted by Gasteiger charge is 2.17. The first kappa shape index (κ1) is 14.8. The third-order valence-electron chi connectivity index (χ3n) is 2.92. The minimum absolute atomic E-state index is 0.180. The molecule has 0 aliphatic carbocycles. The molecule has 0 radical (unpaired) electrons. The van der Waals surface area contributed by atoms with Crippen LogP contribution in [-0.2, 0) is 11.3 Å². The van der Waals surface area contributed by atoms with Crippen LogP contribution < -0.4 is 9.64 Å². The number of hydrogen-bond acceptors (Lipinski definition) is 5. The molecule has 1 aromatic heterocycles. The van der Waals surface area contributed by atoms with Crippen LogP contribution in [0.15, 0.2) is 42.5 Å². The van der Waals surface area contributed by atoms with E-state index in [0.29, 0.717) is 18.2 Å². The van der Waals surface area contributed by atoms with Crippen molar-refractivity contribution in [1.82, 2.24) is 4.98 Å². The fourth-order valence-corrected chi connectivity index (χ4v) is 1.78. The Labute approximate surface area is 124 Å². The summed E-state index contributed by atoms with van der Waals surface area (Å²) in [4.78, 5) is 17.9. The van der Waals surface area contributed by atoms with Crippen LogP contribution in [0.3, 0.4) is 0 Å². The van der Waals surface area contributed by atoms with Crippen LogP contribution in [-0.4, -0.2) is 32.2 Å². The van der Waals surface area contributed by atoms with E-state index < -0.39 is 5.97 Å². The van der Waals surface area contributed by atoms with E-state index in [1.807, 2.05) is 49.3 Å².